The molecule has 0 saturated carbocycles. The summed E-state index contributed by atoms with van der Waals surface area (Å²) in [5.74, 6) is 0. The number of phosphoric acid groups is 1. The van der Waals surface area contributed by atoms with Crippen LogP contribution in [0.3, 0.4) is 0 Å². The molecular weight excluding hydrogens is 603 g/mol. The molecule has 0 radical (unpaired) electrons. The Bertz CT molecular complexity index is 568. The molecule has 0 atom stereocenters. The lowest BCUT2D eigenvalue weighted by atomic mass is 10.1. The summed E-state index contributed by atoms with van der Waals surface area (Å²) in [6.45, 7) is 15.2. The first-order chi connectivity index (χ1) is 23.0. The van der Waals surface area contributed by atoms with E-state index in [9.17, 15) is 9.46 Å². The fourth-order valence-corrected chi connectivity index (χ4v) is 7.15. The third-order valence-electron chi connectivity index (χ3n) is 9.64. The highest BCUT2D eigenvalue weighted by Crippen LogP contribution is 2.42. The predicted molar refractivity (Wildman–Crippen MR) is 207 cm³/mol. The van der Waals surface area contributed by atoms with Crippen molar-refractivity contribution in [2.45, 2.75) is 207 Å². The van der Waals surface area contributed by atoms with Crippen molar-refractivity contribution in [1.82, 2.24) is 9.80 Å². The predicted octanol–water partition coefficient (Wildman–Crippen LogP) is 12.7. The summed E-state index contributed by atoms with van der Waals surface area (Å²) in [5.41, 5.74) is 0. The lowest BCUT2D eigenvalue weighted by Crippen LogP contribution is -2.30. The quantitative estimate of drug-likeness (QED) is 0.0511. The summed E-state index contributed by atoms with van der Waals surface area (Å²) >= 11 is 0. The Hall–Kier alpha value is 0.0300. The van der Waals surface area contributed by atoms with Gasteiger partial charge in [0, 0.05) is 13.1 Å². The minimum absolute atomic E-state index is 0.251. The van der Waals surface area contributed by atoms with Crippen molar-refractivity contribution in [3.8, 4) is 0 Å². The van der Waals surface area contributed by atoms with Crippen LogP contribution in [0, 0.1) is 0 Å². The molecule has 0 fully saturated rings. The molecule has 0 rings (SSSR count). The van der Waals surface area contributed by atoms with E-state index in [1.165, 1.54) is 180 Å². The van der Waals surface area contributed by atoms with Crippen LogP contribution in [0.25, 0.3) is 0 Å². The van der Waals surface area contributed by atoms with Crippen LogP contribution in [-0.2, 0) is 13.6 Å². The second kappa shape index (κ2) is 37.3. The van der Waals surface area contributed by atoms with Gasteiger partial charge >= 0.3 is 7.82 Å². The van der Waals surface area contributed by atoms with E-state index in [4.69, 9.17) is 9.05 Å². The molecule has 0 heterocycles. The van der Waals surface area contributed by atoms with Crippen molar-refractivity contribution >= 4 is 7.82 Å². The van der Waals surface area contributed by atoms with Gasteiger partial charge in [-0.15, -0.1) is 0 Å². The number of rotatable bonds is 40. The van der Waals surface area contributed by atoms with Crippen molar-refractivity contribution in [3.05, 3.63) is 0 Å². The summed E-state index contributed by atoms with van der Waals surface area (Å²) in [6, 6.07) is 0. The normalized spacial score (nSPS) is 12.2. The number of phosphoric ester groups is 1. The molecule has 0 spiro atoms. The Balaban J connectivity index is 4.57. The molecule has 284 valence electrons. The molecule has 0 saturated heterocycles. The minimum Gasteiger partial charge on any atom is -0.302 e. The van der Waals surface area contributed by atoms with Gasteiger partial charge in [-0.3, -0.25) is 9.05 Å². The Morgan fingerprint density at radius 3 is 0.809 bits per heavy atom. The smallest absolute Gasteiger partial charge is 0.302 e. The number of hydrogen-bond donors (Lipinski definition) is 1. The van der Waals surface area contributed by atoms with Crippen molar-refractivity contribution in [2.75, 3.05) is 52.5 Å². The number of nitrogens with zero attached hydrogens (tertiary/aromatic N) is 2. The van der Waals surface area contributed by atoms with E-state index in [2.05, 4.69) is 37.5 Å². The second-order valence-corrected chi connectivity index (χ2v) is 15.8. The second-order valence-electron chi connectivity index (χ2n) is 14.3. The maximum absolute atomic E-state index is 12.8. The molecule has 0 bridgehead atoms. The monoisotopic (exact) mass is 689 g/mol. The molecule has 0 aliphatic rings. The maximum Gasteiger partial charge on any atom is 0.472 e. The highest BCUT2D eigenvalue weighted by Gasteiger charge is 2.22. The molecule has 0 aromatic rings. The zero-order valence-corrected chi connectivity index (χ0v) is 33.4. The van der Waals surface area contributed by atoms with Gasteiger partial charge < -0.3 is 14.7 Å². The molecular formula is C40H85N2O4P. The Morgan fingerprint density at radius 2 is 0.574 bits per heavy atom. The number of hydrogen-bond acceptors (Lipinski definition) is 5. The molecule has 1 N–H and O–H groups in total. The summed E-state index contributed by atoms with van der Waals surface area (Å²) in [4.78, 5) is 15.4. The molecule has 0 amide bonds. The van der Waals surface area contributed by atoms with Crippen LogP contribution in [0.15, 0.2) is 0 Å². The van der Waals surface area contributed by atoms with Gasteiger partial charge in [0.2, 0.25) is 0 Å². The van der Waals surface area contributed by atoms with Crippen LogP contribution < -0.4 is 0 Å². The largest absolute Gasteiger partial charge is 0.472 e. The van der Waals surface area contributed by atoms with Gasteiger partial charge in [0.1, 0.15) is 0 Å². The third kappa shape index (κ3) is 35.7. The van der Waals surface area contributed by atoms with E-state index in [1.54, 1.807) is 0 Å². The van der Waals surface area contributed by atoms with Gasteiger partial charge in [0.05, 0.1) is 13.2 Å². The molecule has 47 heavy (non-hydrogen) atoms. The Morgan fingerprint density at radius 1 is 0.362 bits per heavy atom. The van der Waals surface area contributed by atoms with Crippen LogP contribution in [0.1, 0.15) is 207 Å². The average molecular weight is 689 g/mol. The topological polar surface area (TPSA) is 62.2 Å². The first-order valence-electron chi connectivity index (χ1n) is 21.1. The minimum atomic E-state index is -4.05. The Labute approximate surface area is 295 Å². The highest BCUT2D eigenvalue weighted by molar-refractivity contribution is 7.47. The molecule has 7 heteroatoms. The zero-order valence-electron chi connectivity index (χ0n) is 32.5. The van der Waals surface area contributed by atoms with Crippen LogP contribution in [0.4, 0.5) is 0 Å². The van der Waals surface area contributed by atoms with Gasteiger partial charge in [0.15, 0.2) is 0 Å². The molecule has 0 unspecified atom stereocenters. The van der Waals surface area contributed by atoms with Crippen LogP contribution >= 0.6 is 7.82 Å². The van der Waals surface area contributed by atoms with Crippen LogP contribution in [0.2, 0.25) is 0 Å². The van der Waals surface area contributed by atoms with Crippen molar-refractivity contribution in [1.29, 1.82) is 0 Å². The molecule has 0 aliphatic heterocycles. The van der Waals surface area contributed by atoms with Crippen molar-refractivity contribution < 1.29 is 18.5 Å². The van der Waals surface area contributed by atoms with Gasteiger partial charge in [-0.2, -0.15) is 0 Å². The van der Waals surface area contributed by atoms with E-state index < -0.39 is 7.82 Å². The van der Waals surface area contributed by atoms with Crippen LogP contribution in [0.5, 0.6) is 0 Å². The Kier molecular flexibility index (Phi) is 37.3. The van der Waals surface area contributed by atoms with E-state index in [1.807, 2.05) is 0 Å². The highest BCUT2D eigenvalue weighted by atomic mass is 31.2. The average Bonchev–Trinajstić information content (AvgIpc) is 3.05. The lowest BCUT2D eigenvalue weighted by Gasteiger charge is -2.24. The molecule has 0 aromatic heterocycles. The molecule has 0 aliphatic carbocycles. The SMILES string of the molecule is CCCCCCCCCN(CCCCCCCCC)CCOP(=O)(O)OCCN(CCCCCCCCC)CCCCCCCCC. The summed E-state index contributed by atoms with van der Waals surface area (Å²) in [7, 11) is -4.05. The zero-order chi connectivity index (χ0) is 34.5. The maximum atomic E-state index is 12.8. The molecule has 0 aromatic carbocycles. The van der Waals surface area contributed by atoms with Crippen LogP contribution in [-0.4, -0.2) is 67.2 Å². The van der Waals surface area contributed by atoms with E-state index >= 15 is 0 Å². The van der Waals surface area contributed by atoms with E-state index in [0.717, 1.165) is 26.2 Å². The number of unbranched alkanes of at least 4 members (excludes halogenated alkanes) is 24. The first-order valence-corrected chi connectivity index (χ1v) is 22.5. The summed E-state index contributed by atoms with van der Waals surface area (Å²) in [6.07, 6.45) is 36.5. The van der Waals surface area contributed by atoms with E-state index in [-0.39, 0.29) is 13.2 Å². The fraction of sp³-hybridized carbons (Fsp3) is 1.00. The van der Waals surface area contributed by atoms with Gasteiger partial charge in [-0.1, -0.05) is 182 Å². The standard InChI is InChI=1S/C40H85N2O4P/c1-5-9-13-17-21-25-29-33-41(34-30-26-22-18-14-10-6-2)37-39-45-47(43,44)46-40-38-42(35-31-27-23-19-15-11-7-3)36-32-28-24-20-16-12-8-4/h5-40H2,1-4H3,(H,43,44). The van der Waals surface area contributed by atoms with Gasteiger partial charge in [0.25, 0.3) is 0 Å². The van der Waals surface area contributed by atoms with Gasteiger partial charge in [-0.25, -0.2) is 4.57 Å². The first kappa shape index (κ1) is 47.0. The third-order valence-corrected chi connectivity index (χ3v) is 10.7. The lowest BCUT2D eigenvalue weighted by molar-refractivity contribution is 0.116. The summed E-state index contributed by atoms with van der Waals surface area (Å²) in [5, 5.41) is 0. The summed E-state index contributed by atoms with van der Waals surface area (Å²) < 4.78 is 23.8. The van der Waals surface area contributed by atoms with Crippen molar-refractivity contribution in [3.63, 3.8) is 0 Å². The molecule has 6 nitrogen and oxygen atoms in total. The van der Waals surface area contributed by atoms with E-state index in [0.29, 0.717) is 13.1 Å². The van der Waals surface area contributed by atoms with Crippen molar-refractivity contribution in [2.24, 2.45) is 0 Å². The fourth-order valence-electron chi connectivity index (χ4n) is 6.45. The van der Waals surface area contributed by atoms with Gasteiger partial charge in [-0.05, 0) is 51.9 Å².